The van der Waals surface area contributed by atoms with E-state index in [9.17, 15) is 4.79 Å². The number of methoxy groups -OCH3 is 1. The topological polar surface area (TPSA) is 35.5 Å². The molecular formula is C9H16O3. The normalized spacial score (nSPS) is 28.8. The van der Waals surface area contributed by atoms with Crippen LogP contribution in [-0.4, -0.2) is 25.8 Å². The van der Waals surface area contributed by atoms with Crippen LogP contribution in [0.3, 0.4) is 0 Å². The highest BCUT2D eigenvalue weighted by Crippen LogP contribution is 2.28. The summed E-state index contributed by atoms with van der Waals surface area (Å²) in [6.45, 7) is 2.31. The zero-order valence-electron chi connectivity index (χ0n) is 7.71. The number of esters is 1. The van der Waals surface area contributed by atoms with E-state index in [1.165, 1.54) is 0 Å². The van der Waals surface area contributed by atoms with E-state index < -0.39 is 0 Å². The van der Waals surface area contributed by atoms with Crippen LogP contribution in [0.5, 0.6) is 0 Å². The van der Waals surface area contributed by atoms with Crippen molar-refractivity contribution in [1.29, 1.82) is 0 Å². The third-order valence-electron chi connectivity index (χ3n) is 2.34. The van der Waals surface area contributed by atoms with Gasteiger partial charge in [0, 0.05) is 7.11 Å². The fraction of sp³-hybridized carbons (Fsp3) is 0.889. The Labute approximate surface area is 73.0 Å². The molecule has 3 heteroatoms. The highest BCUT2D eigenvalue weighted by Gasteiger charge is 2.30. The molecule has 0 saturated heterocycles. The lowest BCUT2D eigenvalue weighted by atomic mass is 10.1. The molecule has 3 nitrogen and oxygen atoms in total. The van der Waals surface area contributed by atoms with Crippen molar-refractivity contribution in [1.82, 2.24) is 0 Å². The summed E-state index contributed by atoms with van der Waals surface area (Å²) < 4.78 is 10.1. The van der Waals surface area contributed by atoms with Gasteiger partial charge in [0.2, 0.25) is 0 Å². The van der Waals surface area contributed by atoms with Crippen LogP contribution >= 0.6 is 0 Å². The first-order chi connectivity index (χ1) is 5.77. The zero-order valence-corrected chi connectivity index (χ0v) is 7.71. The molecule has 1 rings (SSSR count). The van der Waals surface area contributed by atoms with Gasteiger partial charge in [-0.1, -0.05) is 0 Å². The largest absolute Gasteiger partial charge is 0.466 e. The van der Waals surface area contributed by atoms with Crippen molar-refractivity contribution in [2.24, 2.45) is 5.92 Å². The van der Waals surface area contributed by atoms with Gasteiger partial charge in [-0.25, -0.2) is 0 Å². The van der Waals surface area contributed by atoms with Gasteiger partial charge in [-0.3, -0.25) is 4.79 Å². The first-order valence-electron chi connectivity index (χ1n) is 4.47. The van der Waals surface area contributed by atoms with Crippen LogP contribution < -0.4 is 0 Å². The summed E-state index contributed by atoms with van der Waals surface area (Å²) >= 11 is 0. The van der Waals surface area contributed by atoms with Crippen LogP contribution in [0.1, 0.15) is 26.2 Å². The molecule has 2 atom stereocenters. The smallest absolute Gasteiger partial charge is 0.309 e. The Kier molecular flexibility index (Phi) is 3.53. The number of carbonyl (C=O) groups is 1. The predicted octanol–water partition coefficient (Wildman–Crippen LogP) is 1.36. The summed E-state index contributed by atoms with van der Waals surface area (Å²) in [6.07, 6.45) is 2.99. The van der Waals surface area contributed by atoms with Gasteiger partial charge in [0.1, 0.15) is 0 Å². The lowest BCUT2D eigenvalue weighted by Gasteiger charge is -2.08. The van der Waals surface area contributed by atoms with Crippen LogP contribution in [0.25, 0.3) is 0 Å². The molecule has 0 amide bonds. The van der Waals surface area contributed by atoms with Crippen LogP contribution in [0.15, 0.2) is 0 Å². The van der Waals surface area contributed by atoms with Crippen LogP contribution in [0, 0.1) is 5.92 Å². The van der Waals surface area contributed by atoms with Gasteiger partial charge < -0.3 is 9.47 Å². The van der Waals surface area contributed by atoms with Crippen molar-refractivity contribution < 1.29 is 14.3 Å². The van der Waals surface area contributed by atoms with Crippen molar-refractivity contribution >= 4 is 5.97 Å². The van der Waals surface area contributed by atoms with Gasteiger partial charge in [0.25, 0.3) is 0 Å². The van der Waals surface area contributed by atoms with E-state index in [0.29, 0.717) is 6.61 Å². The summed E-state index contributed by atoms with van der Waals surface area (Å²) in [4.78, 5) is 11.2. The van der Waals surface area contributed by atoms with Gasteiger partial charge in [0.05, 0.1) is 18.6 Å². The molecule has 1 aliphatic carbocycles. The zero-order chi connectivity index (χ0) is 8.97. The van der Waals surface area contributed by atoms with Crippen LogP contribution in [0.4, 0.5) is 0 Å². The highest BCUT2D eigenvalue weighted by molar-refractivity contribution is 5.72. The highest BCUT2D eigenvalue weighted by atomic mass is 16.5. The van der Waals surface area contributed by atoms with E-state index >= 15 is 0 Å². The van der Waals surface area contributed by atoms with Crippen molar-refractivity contribution in [2.45, 2.75) is 32.3 Å². The Balaban J connectivity index is 2.31. The molecule has 0 radical (unpaired) electrons. The van der Waals surface area contributed by atoms with E-state index in [4.69, 9.17) is 9.47 Å². The second kappa shape index (κ2) is 4.45. The average molecular weight is 172 g/mol. The molecule has 2 unspecified atom stereocenters. The number of hydrogen-bond donors (Lipinski definition) is 0. The molecular weight excluding hydrogens is 156 g/mol. The van der Waals surface area contributed by atoms with E-state index in [1.54, 1.807) is 7.11 Å². The van der Waals surface area contributed by atoms with Crippen molar-refractivity contribution in [3.05, 3.63) is 0 Å². The Morgan fingerprint density at radius 1 is 1.50 bits per heavy atom. The summed E-state index contributed by atoms with van der Waals surface area (Å²) in [5.41, 5.74) is 0. The molecule has 0 aromatic rings. The molecule has 70 valence electrons. The Bertz CT molecular complexity index is 156. The van der Waals surface area contributed by atoms with E-state index in [-0.39, 0.29) is 18.0 Å². The second-order valence-corrected chi connectivity index (χ2v) is 3.12. The minimum Gasteiger partial charge on any atom is -0.466 e. The molecule has 0 spiro atoms. The first-order valence-corrected chi connectivity index (χ1v) is 4.47. The van der Waals surface area contributed by atoms with Crippen LogP contribution in [0.2, 0.25) is 0 Å². The third kappa shape index (κ3) is 2.21. The summed E-state index contributed by atoms with van der Waals surface area (Å²) in [6, 6.07) is 0. The molecule has 0 aromatic carbocycles. The van der Waals surface area contributed by atoms with E-state index in [1.807, 2.05) is 6.92 Å². The lowest BCUT2D eigenvalue weighted by molar-refractivity contribution is -0.148. The summed E-state index contributed by atoms with van der Waals surface area (Å²) in [5, 5.41) is 0. The monoisotopic (exact) mass is 172 g/mol. The fourth-order valence-corrected chi connectivity index (χ4v) is 1.63. The second-order valence-electron chi connectivity index (χ2n) is 3.12. The number of hydrogen-bond acceptors (Lipinski definition) is 3. The van der Waals surface area contributed by atoms with E-state index in [2.05, 4.69) is 0 Å². The van der Waals surface area contributed by atoms with Gasteiger partial charge in [0.15, 0.2) is 0 Å². The molecule has 0 heterocycles. The molecule has 0 aromatic heterocycles. The fourth-order valence-electron chi connectivity index (χ4n) is 1.63. The van der Waals surface area contributed by atoms with E-state index in [0.717, 1.165) is 19.3 Å². The molecule has 0 N–H and O–H groups in total. The summed E-state index contributed by atoms with van der Waals surface area (Å²) in [5.74, 6) is 0.0203. The van der Waals surface area contributed by atoms with Gasteiger partial charge in [-0.05, 0) is 26.2 Å². The quantitative estimate of drug-likeness (QED) is 0.603. The Morgan fingerprint density at radius 2 is 2.25 bits per heavy atom. The average Bonchev–Trinajstić information content (AvgIpc) is 2.52. The van der Waals surface area contributed by atoms with Gasteiger partial charge >= 0.3 is 5.97 Å². The first kappa shape index (κ1) is 9.52. The molecule has 12 heavy (non-hydrogen) atoms. The number of ether oxygens (including phenoxy) is 2. The maximum Gasteiger partial charge on any atom is 0.309 e. The molecule has 0 bridgehead atoms. The minimum atomic E-state index is -0.0583. The predicted molar refractivity (Wildman–Crippen MR) is 44.8 cm³/mol. The lowest BCUT2D eigenvalue weighted by Crippen LogP contribution is -2.16. The molecule has 1 aliphatic rings. The van der Waals surface area contributed by atoms with Crippen LogP contribution in [-0.2, 0) is 14.3 Å². The molecule has 1 fully saturated rings. The third-order valence-corrected chi connectivity index (χ3v) is 2.34. The number of carbonyl (C=O) groups excluding carboxylic acids is 1. The maximum atomic E-state index is 11.2. The minimum absolute atomic E-state index is 0.0583. The summed E-state index contributed by atoms with van der Waals surface area (Å²) in [7, 11) is 1.69. The molecule has 1 saturated carbocycles. The standard InChI is InChI=1S/C9H16O3/c1-3-12-9(10)7-4-5-8(6-7)11-2/h7-8H,3-6H2,1-2H3. The van der Waals surface area contributed by atoms with Gasteiger partial charge in [-0.15, -0.1) is 0 Å². The van der Waals surface area contributed by atoms with Crippen molar-refractivity contribution in [3.63, 3.8) is 0 Å². The van der Waals surface area contributed by atoms with Gasteiger partial charge in [-0.2, -0.15) is 0 Å². The Morgan fingerprint density at radius 3 is 2.75 bits per heavy atom. The number of rotatable bonds is 3. The Hall–Kier alpha value is -0.570. The molecule has 0 aliphatic heterocycles. The van der Waals surface area contributed by atoms with Crippen molar-refractivity contribution in [3.8, 4) is 0 Å². The van der Waals surface area contributed by atoms with Crippen molar-refractivity contribution in [2.75, 3.05) is 13.7 Å². The SMILES string of the molecule is CCOC(=O)C1CCC(OC)C1. The maximum absolute atomic E-state index is 11.2.